The highest BCUT2D eigenvalue weighted by Crippen LogP contribution is 2.41. The van der Waals surface area contributed by atoms with Crippen molar-refractivity contribution in [3.05, 3.63) is 52.6 Å². The summed E-state index contributed by atoms with van der Waals surface area (Å²) in [7, 11) is 0. The van der Waals surface area contributed by atoms with Crippen LogP contribution in [0.1, 0.15) is 26.3 Å². The van der Waals surface area contributed by atoms with Crippen LogP contribution in [0.4, 0.5) is 0 Å². The molecule has 1 aliphatic carbocycles. The van der Waals surface area contributed by atoms with E-state index in [1.54, 1.807) is 0 Å². The average molecular weight is 228 g/mol. The monoisotopic (exact) mass is 228 g/mol. The van der Waals surface area contributed by atoms with E-state index in [-0.39, 0.29) is 5.97 Å². The van der Waals surface area contributed by atoms with Gasteiger partial charge in [0.05, 0.1) is 12.2 Å². The Morgan fingerprint density at radius 1 is 1.12 bits per heavy atom. The molecule has 88 valence electrons. The van der Waals surface area contributed by atoms with Crippen molar-refractivity contribution in [3.8, 4) is 0 Å². The quantitative estimate of drug-likeness (QED) is 0.741. The lowest BCUT2D eigenvalue weighted by atomic mass is 9.78. The molecular formula is C15H16O2. The highest BCUT2D eigenvalue weighted by atomic mass is 16.5. The van der Waals surface area contributed by atoms with Crippen LogP contribution in [-0.4, -0.2) is 12.6 Å². The van der Waals surface area contributed by atoms with Gasteiger partial charge in [0, 0.05) is 0 Å². The molecule has 1 aliphatic rings. The van der Waals surface area contributed by atoms with E-state index in [0.717, 1.165) is 22.3 Å². The van der Waals surface area contributed by atoms with Crippen LogP contribution in [0, 0.1) is 0 Å². The summed E-state index contributed by atoms with van der Waals surface area (Å²) in [6, 6.07) is 9.96. The van der Waals surface area contributed by atoms with Crippen LogP contribution in [-0.2, 0) is 9.53 Å². The molecule has 0 heterocycles. The predicted octanol–water partition coefficient (Wildman–Crippen LogP) is 3.35. The topological polar surface area (TPSA) is 26.3 Å². The molecule has 2 nitrogen and oxygen atoms in total. The normalized spacial score (nSPS) is 14.8. The van der Waals surface area contributed by atoms with Crippen molar-refractivity contribution in [2.45, 2.75) is 20.8 Å². The molecule has 0 atom stereocenters. The van der Waals surface area contributed by atoms with Crippen LogP contribution in [0.3, 0.4) is 0 Å². The van der Waals surface area contributed by atoms with Gasteiger partial charge in [-0.25, -0.2) is 4.79 Å². The second kappa shape index (κ2) is 4.58. The van der Waals surface area contributed by atoms with Crippen LogP contribution in [0.25, 0.3) is 5.57 Å². The Morgan fingerprint density at radius 3 is 2.35 bits per heavy atom. The molecule has 0 amide bonds. The first kappa shape index (κ1) is 11.6. The maximum Gasteiger partial charge on any atom is 0.339 e. The number of carbonyl (C=O) groups excluding carboxylic acids is 1. The molecule has 0 N–H and O–H groups in total. The van der Waals surface area contributed by atoms with Gasteiger partial charge in [-0.3, -0.25) is 0 Å². The molecular weight excluding hydrogens is 212 g/mol. The van der Waals surface area contributed by atoms with Crippen molar-refractivity contribution in [2.75, 3.05) is 6.61 Å². The molecule has 2 heteroatoms. The Labute approximate surface area is 102 Å². The summed E-state index contributed by atoms with van der Waals surface area (Å²) in [5.41, 5.74) is 5.07. The minimum Gasteiger partial charge on any atom is -0.462 e. The van der Waals surface area contributed by atoms with Crippen LogP contribution >= 0.6 is 0 Å². The molecule has 0 aliphatic heterocycles. The minimum atomic E-state index is -0.213. The lowest BCUT2D eigenvalue weighted by Gasteiger charge is -2.26. The number of esters is 1. The summed E-state index contributed by atoms with van der Waals surface area (Å²) in [5.74, 6) is -0.213. The molecule has 0 spiro atoms. The van der Waals surface area contributed by atoms with Gasteiger partial charge in [0.1, 0.15) is 0 Å². The fraction of sp³-hybridized carbons (Fsp3) is 0.267. The second-order valence-corrected chi connectivity index (χ2v) is 4.09. The summed E-state index contributed by atoms with van der Waals surface area (Å²) in [6.45, 7) is 6.25. The Hall–Kier alpha value is -1.83. The zero-order valence-corrected chi connectivity index (χ0v) is 10.4. The number of allylic oxidation sites excluding steroid dienone is 2. The molecule has 0 bridgehead atoms. The third-order valence-corrected chi connectivity index (χ3v) is 3.10. The number of carbonyl (C=O) groups is 1. The van der Waals surface area contributed by atoms with Gasteiger partial charge >= 0.3 is 5.97 Å². The molecule has 17 heavy (non-hydrogen) atoms. The maximum atomic E-state index is 11.9. The summed E-state index contributed by atoms with van der Waals surface area (Å²) < 4.78 is 5.09. The average Bonchev–Trinajstić information content (AvgIpc) is 2.35. The Balaban J connectivity index is 2.39. The highest BCUT2D eigenvalue weighted by Gasteiger charge is 2.29. The third-order valence-electron chi connectivity index (χ3n) is 3.10. The van der Waals surface area contributed by atoms with Crippen LogP contribution in [0.5, 0.6) is 0 Å². The molecule has 0 fully saturated rings. The predicted molar refractivity (Wildman–Crippen MR) is 68.4 cm³/mol. The summed E-state index contributed by atoms with van der Waals surface area (Å²) in [5, 5.41) is 0. The number of ether oxygens (including phenoxy) is 1. The van der Waals surface area contributed by atoms with Crippen LogP contribution in [0.2, 0.25) is 0 Å². The Morgan fingerprint density at radius 2 is 1.76 bits per heavy atom. The van der Waals surface area contributed by atoms with Gasteiger partial charge < -0.3 is 4.74 Å². The summed E-state index contributed by atoms with van der Waals surface area (Å²) >= 11 is 0. The first-order chi connectivity index (χ1) is 8.16. The third kappa shape index (κ3) is 1.91. The summed E-state index contributed by atoms with van der Waals surface area (Å²) in [4.78, 5) is 11.9. The van der Waals surface area contributed by atoms with Gasteiger partial charge in [-0.05, 0) is 43.1 Å². The molecule has 0 unspecified atom stereocenters. The molecule has 0 radical (unpaired) electrons. The first-order valence-electron chi connectivity index (χ1n) is 5.81. The molecule has 2 rings (SSSR count). The van der Waals surface area contributed by atoms with Crippen molar-refractivity contribution in [1.82, 2.24) is 0 Å². The highest BCUT2D eigenvalue weighted by molar-refractivity contribution is 6.11. The SMILES string of the molecule is CCOC(=O)C1=C(c2ccccc2)C(C)=C1C. The number of hydrogen-bond donors (Lipinski definition) is 0. The molecule has 1 aromatic carbocycles. The van der Waals surface area contributed by atoms with Gasteiger partial charge in [-0.1, -0.05) is 30.3 Å². The first-order valence-corrected chi connectivity index (χ1v) is 5.81. The van der Waals surface area contributed by atoms with Crippen molar-refractivity contribution < 1.29 is 9.53 Å². The van der Waals surface area contributed by atoms with E-state index in [1.165, 1.54) is 5.57 Å². The largest absolute Gasteiger partial charge is 0.462 e. The van der Waals surface area contributed by atoms with E-state index in [1.807, 2.05) is 51.1 Å². The zero-order valence-electron chi connectivity index (χ0n) is 10.4. The fourth-order valence-electron chi connectivity index (χ4n) is 2.11. The van der Waals surface area contributed by atoms with Crippen LogP contribution in [0.15, 0.2) is 47.1 Å². The van der Waals surface area contributed by atoms with Gasteiger partial charge in [-0.2, -0.15) is 0 Å². The second-order valence-electron chi connectivity index (χ2n) is 4.09. The van der Waals surface area contributed by atoms with E-state index < -0.39 is 0 Å². The van der Waals surface area contributed by atoms with Crippen molar-refractivity contribution in [2.24, 2.45) is 0 Å². The smallest absolute Gasteiger partial charge is 0.339 e. The molecule has 0 saturated heterocycles. The van der Waals surface area contributed by atoms with Gasteiger partial charge in [0.2, 0.25) is 0 Å². The van der Waals surface area contributed by atoms with Crippen molar-refractivity contribution in [3.63, 3.8) is 0 Å². The van der Waals surface area contributed by atoms with E-state index >= 15 is 0 Å². The zero-order chi connectivity index (χ0) is 12.4. The minimum absolute atomic E-state index is 0.213. The van der Waals surface area contributed by atoms with Crippen molar-refractivity contribution >= 4 is 11.5 Å². The van der Waals surface area contributed by atoms with Crippen LogP contribution < -0.4 is 0 Å². The lowest BCUT2D eigenvalue weighted by molar-refractivity contribution is -0.138. The van der Waals surface area contributed by atoms with E-state index in [2.05, 4.69) is 0 Å². The number of hydrogen-bond acceptors (Lipinski definition) is 2. The Kier molecular flexibility index (Phi) is 3.14. The lowest BCUT2D eigenvalue weighted by Crippen LogP contribution is -2.18. The number of benzene rings is 1. The molecule has 0 saturated carbocycles. The molecule has 0 aromatic heterocycles. The van der Waals surface area contributed by atoms with Gasteiger partial charge in [-0.15, -0.1) is 0 Å². The fourth-order valence-corrected chi connectivity index (χ4v) is 2.11. The van der Waals surface area contributed by atoms with Gasteiger partial charge in [0.25, 0.3) is 0 Å². The van der Waals surface area contributed by atoms with Crippen molar-refractivity contribution in [1.29, 1.82) is 0 Å². The van der Waals surface area contributed by atoms with E-state index in [4.69, 9.17) is 4.74 Å². The number of rotatable bonds is 3. The van der Waals surface area contributed by atoms with E-state index in [9.17, 15) is 4.79 Å². The standard InChI is InChI=1S/C15H16O2/c1-4-17-15(16)14-11(3)10(2)13(14)12-8-6-5-7-9-12/h5-9H,4H2,1-3H3. The summed E-state index contributed by atoms with van der Waals surface area (Å²) in [6.07, 6.45) is 0. The maximum absolute atomic E-state index is 11.9. The Bertz CT molecular complexity index is 507. The van der Waals surface area contributed by atoms with Gasteiger partial charge in [0.15, 0.2) is 0 Å². The van der Waals surface area contributed by atoms with E-state index in [0.29, 0.717) is 6.61 Å². The molecule has 1 aromatic rings.